The lowest BCUT2D eigenvalue weighted by Crippen LogP contribution is -2.40. The molecule has 1 amide bonds. The van der Waals surface area contributed by atoms with E-state index in [1.807, 2.05) is 6.92 Å². The number of nitrogens with one attached hydrogen (secondary N) is 1. The summed E-state index contributed by atoms with van der Waals surface area (Å²) < 4.78 is 0.596. The molecule has 2 N–H and O–H groups in total. The lowest BCUT2D eigenvalue weighted by atomic mass is 10.1. The summed E-state index contributed by atoms with van der Waals surface area (Å²) in [5.74, 6) is -1.45. The first-order valence-electron chi connectivity index (χ1n) is 5.44. The molecule has 1 aromatic carbocycles. The maximum Gasteiger partial charge on any atom is 0.326 e. The van der Waals surface area contributed by atoms with Gasteiger partial charge in [-0.05, 0) is 40.5 Å². The van der Waals surface area contributed by atoms with Gasteiger partial charge in [-0.3, -0.25) is 4.79 Å². The van der Waals surface area contributed by atoms with E-state index in [0.717, 1.165) is 0 Å². The van der Waals surface area contributed by atoms with Crippen molar-refractivity contribution in [3.05, 3.63) is 33.3 Å². The number of hydrogen-bond donors (Lipinski definition) is 2. The summed E-state index contributed by atoms with van der Waals surface area (Å²) in [7, 11) is 0. The van der Waals surface area contributed by atoms with Crippen molar-refractivity contribution in [1.82, 2.24) is 5.32 Å². The van der Waals surface area contributed by atoms with Gasteiger partial charge in [0.05, 0.1) is 5.02 Å². The van der Waals surface area contributed by atoms with Crippen LogP contribution in [0.25, 0.3) is 0 Å². The fraction of sp³-hybridized carbons (Fsp3) is 0.333. The molecular formula is C12H13BrClNO3. The minimum absolute atomic E-state index is 0.369. The first-order valence-corrected chi connectivity index (χ1v) is 6.61. The molecule has 0 unspecified atom stereocenters. The Labute approximate surface area is 118 Å². The second-order valence-electron chi connectivity index (χ2n) is 3.78. The van der Waals surface area contributed by atoms with E-state index in [0.29, 0.717) is 27.9 Å². The zero-order valence-electron chi connectivity index (χ0n) is 9.74. The highest BCUT2D eigenvalue weighted by Gasteiger charge is 2.19. The molecule has 0 heterocycles. The minimum Gasteiger partial charge on any atom is -0.480 e. The van der Waals surface area contributed by atoms with Crippen LogP contribution in [0.4, 0.5) is 0 Å². The minimum atomic E-state index is -1.03. The molecule has 1 aromatic rings. The number of benzene rings is 1. The topological polar surface area (TPSA) is 66.4 Å². The van der Waals surface area contributed by atoms with Gasteiger partial charge in [0.2, 0.25) is 0 Å². The van der Waals surface area contributed by atoms with Gasteiger partial charge < -0.3 is 10.4 Å². The zero-order valence-corrected chi connectivity index (χ0v) is 12.1. The molecule has 0 aromatic heterocycles. The highest BCUT2D eigenvalue weighted by atomic mass is 79.9. The maximum atomic E-state index is 11.9. The Hall–Kier alpha value is -1.07. The third-order valence-electron chi connectivity index (χ3n) is 2.36. The number of carboxylic acid groups (broad SMARTS) is 1. The molecule has 0 saturated heterocycles. The van der Waals surface area contributed by atoms with Gasteiger partial charge in [-0.1, -0.05) is 24.9 Å². The summed E-state index contributed by atoms with van der Waals surface area (Å²) in [5.41, 5.74) is 0.369. The first-order chi connectivity index (χ1) is 8.45. The molecule has 0 bridgehead atoms. The van der Waals surface area contributed by atoms with Crippen LogP contribution in [0.5, 0.6) is 0 Å². The van der Waals surface area contributed by atoms with Crippen LogP contribution in [0.2, 0.25) is 5.02 Å². The average molecular weight is 335 g/mol. The quantitative estimate of drug-likeness (QED) is 0.869. The first kappa shape index (κ1) is 15.0. The zero-order chi connectivity index (χ0) is 13.7. The van der Waals surface area contributed by atoms with E-state index >= 15 is 0 Å². The fourth-order valence-electron chi connectivity index (χ4n) is 1.43. The highest BCUT2D eigenvalue weighted by molar-refractivity contribution is 9.10. The van der Waals surface area contributed by atoms with Crippen LogP contribution in [-0.4, -0.2) is 23.0 Å². The van der Waals surface area contributed by atoms with Gasteiger partial charge in [0.25, 0.3) is 5.91 Å². The predicted octanol–water partition coefficient (Wildman–Crippen LogP) is 3.09. The molecule has 0 aliphatic rings. The summed E-state index contributed by atoms with van der Waals surface area (Å²) in [5, 5.41) is 11.9. The molecule has 18 heavy (non-hydrogen) atoms. The van der Waals surface area contributed by atoms with Gasteiger partial charge in [0.1, 0.15) is 6.04 Å². The Balaban J connectivity index is 2.80. The number of aliphatic carboxylic acids is 1. The van der Waals surface area contributed by atoms with Crippen LogP contribution >= 0.6 is 27.5 Å². The van der Waals surface area contributed by atoms with Crippen molar-refractivity contribution < 1.29 is 14.7 Å². The van der Waals surface area contributed by atoms with Crippen molar-refractivity contribution >= 4 is 39.4 Å². The van der Waals surface area contributed by atoms with Crippen LogP contribution in [0.15, 0.2) is 22.7 Å². The Bertz CT molecular complexity index is 465. The lowest BCUT2D eigenvalue weighted by molar-refractivity contribution is -0.139. The molecule has 0 fully saturated rings. The fourth-order valence-corrected chi connectivity index (χ4v) is 1.92. The molecule has 0 aliphatic heterocycles. The second-order valence-corrected chi connectivity index (χ2v) is 5.04. The number of halogens is 2. The molecule has 0 aliphatic carbocycles. The molecule has 6 heteroatoms. The molecule has 1 atom stereocenters. The number of carbonyl (C=O) groups excluding carboxylic acids is 1. The van der Waals surface area contributed by atoms with Gasteiger partial charge in [-0.15, -0.1) is 0 Å². The summed E-state index contributed by atoms with van der Waals surface area (Å²) >= 11 is 9.03. The summed E-state index contributed by atoms with van der Waals surface area (Å²) in [4.78, 5) is 22.8. The van der Waals surface area contributed by atoms with Crippen molar-refractivity contribution in [3.8, 4) is 0 Å². The van der Waals surface area contributed by atoms with Gasteiger partial charge in [-0.25, -0.2) is 4.79 Å². The van der Waals surface area contributed by atoms with Crippen molar-refractivity contribution in [2.24, 2.45) is 0 Å². The SMILES string of the molecule is CCC[C@@H](NC(=O)c1ccc(Cl)c(Br)c1)C(=O)O. The molecular weight excluding hydrogens is 321 g/mol. The van der Waals surface area contributed by atoms with Crippen molar-refractivity contribution in [3.63, 3.8) is 0 Å². The van der Waals surface area contributed by atoms with Crippen LogP contribution in [0.3, 0.4) is 0 Å². The van der Waals surface area contributed by atoms with Crippen LogP contribution < -0.4 is 5.32 Å². The summed E-state index contributed by atoms with van der Waals surface area (Å²) in [6.07, 6.45) is 1.08. The monoisotopic (exact) mass is 333 g/mol. The molecule has 0 spiro atoms. The van der Waals surface area contributed by atoms with Crippen LogP contribution in [-0.2, 0) is 4.79 Å². The Kier molecular flexibility index (Phi) is 5.62. The van der Waals surface area contributed by atoms with E-state index in [4.69, 9.17) is 16.7 Å². The van der Waals surface area contributed by atoms with Crippen molar-refractivity contribution in [2.75, 3.05) is 0 Å². The molecule has 0 saturated carbocycles. The number of carbonyl (C=O) groups is 2. The number of amides is 1. The average Bonchev–Trinajstić information content (AvgIpc) is 2.31. The van der Waals surface area contributed by atoms with Crippen LogP contribution in [0, 0.1) is 0 Å². The molecule has 1 rings (SSSR count). The second kappa shape index (κ2) is 6.75. The predicted molar refractivity (Wildman–Crippen MR) is 73.0 cm³/mol. The normalized spacial score (nSPS) is 11.9. The third kappa shape index (κ3) is 3.99. The summed E-state index contributed by atoms with van der Waals surface area (Å²) in [6, 6.07) is 3.82. The number of hydrogen-bond acceptors (Lipinski definition) is 2. The van der Waals surface area contributed by atoms with E-state index in [1.54, 1.807) is 18.2 Å². The van der Waals surface area contributed by atoms with Gasteiger partial charge in [-0.2, -0.15) is 0 Å². The Morgan fingerprint density at radius 3 is 2.67 bits per heavy atom. The lowest BCUT2D eigenvalue weighted by Gasteiger charge is -2.13. The number of carboxylic acids is 1. The van der Waals surface area contributed by atoms with E-state index in [1.165, 1.54) is 0 Å². The van der Waals surface area contributed by atoms with Crippen molar-refractivity contribution in [2.45, 2.75) is 25.8 Å². The van der Waals surface area contributed by atoms with E-state index < -0.39 is 17.9 Å². The van der Waals surface area contributed by atoms with E-state index in [-0.39, 0.29) is 0 Å². The van der Waals surface area contributed by atoms with Crippen LogP contribution in [0.1, 0.15) is 30.1 Å². The standard InChI is InChI=1S/C12H13BrClNO3/c1-2-3-10(12(17)18)15-11(16)7-4-5-9(14)8(13)6-7/h4-6,10H,2-3H2,1H3,(H,15,16)(H,17,18)/t10-/m1/s1. The maximum absolute atomic E-state index is 11.9. The Morgan fingerprint density at radius 1 is 1.50 bits per heavy atom. The van der Waals surface area contributed by atoms with Crippen molar-refractivity contribution in [1.29, 1.82) is 0 Å². The van der Waals surface area contributed by atoms with E-state index in [9.17, 15) is 9.59 Å². The third-order valence-corrected chi connectivity index (χ3v) is 3.58. The van der Waals surface area contributed by atoms with E-state index in [2.05, 4.69) is 21.2 Å². The number of rotatable bonds is 5. The van der Waals surface area contributed by atoms with Gasteiger partial charge >= 0.3 is 5.97 Å². The summed E-state index contributed by atoms with van der Waals surface area (Å²) in [6.45, 7) is 1.86. The molecule has 0 radical (unpaired) electrons. The Morgan fingerprint density at radius 2 is 2.17 bits per heavy atom. The highest BCUT2D eigenvalue weighted by Crippen LogP contribution is 2.23. The van der Waals surface area contributed by atoms with Gasteiger partial charge in [0, 0.05) is 10.0 Å². The largest absolute Gasteiger partial charge is 0.480 e. The molecule has 98 valence electrons. The molecule has 4 nitrogen and oxygen atoms in total. The smallest absolute Gasteiger partial charge is 0.326 e. The van der Waals surface area contributed by atoms with Gasteiger partial charge in [0.15, 0.2) is 0 Å².